The minimum Gasteiger partial charge on any atom is -0.486 e. The normalized spacial score (nSPS) is 13.5. The molecule has 148 valence electrons. The molecular weight excluding hydrogens is 369 g/mol. The van der Waals surface area contributed by atoms with Gasteiger partial charge in [0, 0.05) is 12.7 Å². The first kappa shape index (κ1) is 21.2. The molecule has 0 aliphatic heterocycles. The number of ether oxygens (including phenoxy) is 2. The van der Waals surface area contributed by atoms with Crippen molar-refractivity contribution in [2.24, 2.45) is 5.90 Å². The molecule has 1 aromatic carbocycles. The number of carbonyl (C=O) groups excluding carboxylic acids is 1. The highest BCUT2D eigenvalue weighted by Crippen LogP contribution is 2.25. The van der Waals surface area contributed by atoms with E-state index in [4.69, 9.17) is 20.2 Å². The molecule has 0 saturated carbocycles. The summed E-state index contributed by atoms with van der Waals surface area (Å²) in [6, 6.07) is 2.42. The monoisotopic (exact) mass is 389 g/mol. The van der Waals surface area contributed by atoms with Gasteiger partial charge in [-0.25, -0.2) is 15.3 Å². The van der Waals surface area contributed by atoms with Gasteiger partial charge in [-0.3, -0.25) is 14.4 Å². The molecule has 2 aromatic rings. The maximum absolute atomic E-state index is 14.2. The summed E-state index contributed by atoms with van der Waals surface area (Å²) < 4.78 is 24.6. The second-order valence-corrected chi connectivity index (χ2v) is 5.45. The minimum absolute atomic E-state index is 0.0222. The van der Waals surface area contributed by atoms with Gasteiger partial charge in [0.05, 0.1) is 5.52 Å². The average Bonchev–Trinajstić information content (AvgIpc) is 2.69. The molecule has 0 radical (unpaired) electrons. The van der Waals surface area contributed by atoms with Gasteiger partial charge in [0.2, 0.25) is 6.29 Å². The molecule has 1 unspecified atom stereocenters. The summed E-state index contributed by atoms with van der Waals surface area (Å²) in [5, 5.41) is -0.0693. The summed E-state index contributed by atoms with van der Waals surface area (Å²) in [6.45, 7) is 1.81. The van der Waals surface area contributed by atoms with Crippen molar-refractivity contribution in [3.63, 3.8) is 0 Å². The molecular formula is C19H20FN3O5. The predicted octanol–water partition coefficient (Wildman–Crippen LogP) is 2.17. The number of H-pyrrole nitrogens is 1. The third kappa shape index (κ3) is 4.97. The number of rotatable bonds is 9. The number of aromatic amines is 1. The highest BCUT2D eigenvalue weighted by atomic mass is 19.1. The van der Waals surface area contributed by atoms with Crippen LogP contribution >= 0.6 is 0 Å². The van der Waals surface area contributed by atoms with Crippen LogP contribution in [0.4, 0.5) is 4.39 Å². The number of benzene rings is 1. The van der Waals surface area contributed by atoms with Crippen LogP contribution in [0.3, 0.4) is 0 Å². The van der Waals surface area contributed by atoms with Crippen LogP contribution in [0.15, 0.2) is 52.9 Å². The molecule has 1 aromatic heterocycles. The lowest BCUT2D eigenvalue weighted by Gasteiger charge is -2.13. The zero-order chi connectivity index (χ0) is 20.5. The fourth-order valence-corrected chi connectivity index (χ4v) is 2.43. The van der Waals surface area contributed by atoms with Crippen molar-refractivity contribution < 1.29 is 23.5 Å². The molecule has 1 atom stereocenters. The SMILES string of the molecule is C\C=C/C(=C\C=C\COc1c(F)ccc2nc(C=O)[nH]c(=O)c12)C(OC)ON. The fourth-order valence-electron chi connectivity index (χ4n) is 2.43. The van der Waals surface area contributed by atoms with Gasteiger partial charge in [-0.2, -0.15) is 0 Å². The molecule has 9 heteroatoms. The summed E-state index contributed by atoms with van der Waals surface area (Å²) in [5.74, 6) is 4.07. The number of fused-ring (bicyclic) bond motifs is 1. The van der Waals surface area contributed by atoms with Crippen LogP contribution < -0.4 is 16.2 Å². The van der Waals surface area contributed by atoms with Gasteiger partial charge in [0.25, 0.3) is 5.56 Å². The molecule has 8 nitrogen and oxygen atoms in total. The maximum atomic E-state index is 14.2. The number of carbonyl (C=O) groups is 1. The van der Waals surface area contributed by atoms with E-state index in [1.165, 1.54) is 13.2 Å². The van der Waals surface area contributed by atoms with Gasteiger partial charge in [-0.1, -0.05) is 24.3 Å². The van der Waals surface area contributed by atoms with Gasteiger partial charge >= 0.3 is 0 Å². The van der Waals surface area contributed by atoms with Crippen LogP contribution in [0.2, 0.25) is 0 Å². The Hall–Kier alpha value is -3.14. The van der Waals surface area contributed by atoms with Gasteiger partial charge < -0.3 is 14.5 Å². The lowest BCUT2D eigenvalue weighted by Crippen LogP contribution is -2.20. The first-order valence-electron chi connectivity index (χ1n) is 8.24. The number of nitrogens with one attached hydrogen (secondary N) is 1. The van der Waals surface area contributed by atoms with E-state index in [1.807, 2.05) is 6.92 Å². The van der Waals surface area contributed by atoms with Gasteiger partial charge in [0.15, 0.2) is 23.7 Å². The van der Waals surface area contributed by atoms with E-state index in [2.05, 4.69) is 9.97 Å². The van der Waals surface area contributed by atoms with E-state index >= 15 is 0 Å². The zero-order valence-electron chi connectivity index (χ0n) is 15.3. The molecule has 0 aliphatic rings. The van der Waals surface area contributed by atoms with Crippen molar-refractivity contribution in [2.45, 2.75) is 13.2 Å². The Morgan fingerprint density at radius 3 is 2.86 bits per heavy atom. The van der Waals surface area contributed by atoms with E-state index in [9.17, 15) is 14.0 Å². The standard InChI is InChI=1S/C19H20FN3O5/c1-3-6-12(19(26-2)28-21)7-4-5-10-27-17-13(20)8-9-14-16(17)18(25)23-15(11-24)22-14/h3-9,11,19H,10,21H2,1-2H3,(H,22,23,25)/b5-4+,6-3-,12-7+. The Kier molecular flexibility index (Phi) is 7.76. The third-order valence-electron chi connectivity index (χ3n) is 3.63. The molecule has 0 fully saturated rings. The van der Waals surface area contributed by atoms with Crippen LogP contribution in [0.1, 0.15) is 17.5 Å². The van der Waals surface area contributed by atoms with Crippen molar-refractivity contribution in [1.82, 2.24) is 9.97 Å². The number of nitrogens with zero attached hydrogens (tertiary/aromatic N) is 1. The minimum atomic E-state index is -0.742. The second-order valence-electron chi connectivity index (χ2n) is 5.45. The number of nitrogens with two attached hydrogens (primary N) is 1. The Balaban J connectivity index is 2.23. The van der Waals surface area contributed by atoms with Gasteiger partial charge in [0.1, 0.15) is 12.0 Å². The van der Waals surface area contributed by atoms with E-state index < -0.39 is 17.7 Å². The summed E-state index contributed by atoms with van der Waals surface area (Å²) in [7, 11) is 1.45. The second kappa shape index (κ2) is 10.3. The molecule has 0 bridgehead atoms. The Bertz CT molecular complexity index is 977. The number of hydrogen-bond acceptors (Lipinski definition) is 7. The van der Waals surface area contributed by atoms with Crippen LogP contribution in [0.25, 0.3) is 10.9 Å². The van der Waals surface area contributed by atoms with E-state index in [0.29, 0.717) is 11.9 Å². The molecule has 3 N–H and O–H groups in total. The van der Waals surface area contributed by atoms with Crippen molar-refractivity contribution >= 4 is 17.2 Å². The Morgan fingerprint density at radius 1 is 1.43 bits per heavy atom. The van der Waals surface area contributed by atoms with Crippen molar-refractivity contribution in [3.8, 4) is 5.75 Å². The number of aromatic nitrogens is 2. The fraction of sp³-hybridized carbons (Fsp3) is 0.211. The topological polar surface area (TPSA) is 117 Å². The lowest BCUT2D eigenvalue weighted by molar-refractivity contribution is -0.0982. The molecule has 28 heavy (non-hydrogen) atoms. The zero-order valence-corrected chi connectivity index (χ0v) is 15.3. The largest absolute Gasteiger partial charge is 0.486 e. The Morgan fingerprint density at radius 2 is 2.21 bits per heavy atom. The summed E-state index contributed by atoms with van der Waals surface area (Å²) in [5.41, 5.74) is 0.149. The van der Waals surface area contributed by atoms with Crippen molar-refractivity contribution in [2.75, 3.05) is 13.7 Å². The smallest absolute Gasteiger partial charge is 0.263 e. The molecule has 0 aliphatic carbocycles. The molecule has 0 amide bonds. The highest BCUT2D eigenvalue weighted by molar-refractivity contribution is 5.86. The lowest BCUT2D eigenvalue weighted by atomic mass is 10.2. The molecule has 0 spiro atoms. The maximum Gasteiger partial charge on any atom is 0.263 e. The third-order valence-corrected chi connectivity index (χ3v) is 3.63. The number of aldehydes is 1. The highest BCUT2D eigenvalue weighted by Gasteiger charge is 2.14. The van der Waals surface area contributed by atoms with Crippen molar-refractivity contribution in [3.05, 3.63) is 70.1 Å². The average molecular weight is 389 g/mol. The van der Waals surface area contributed by atoms with Crippen molar-refractivity contribution in [1.29, 1.82) is 0 Å². The first-order chi connectivity index (χ1) is 13.5. The number of hydrogen-bond donors (Lipinski definition) is 2. The molecule has 2 rings (SSSR count). The summed E-state index contributed by atoms with van der Waals surface area (Å²) >= 11 is 0. The van der Waals surface area contributed by atoms with Crippen LogP contribution in [-0.2, 0) is 9.57 Å². The number of halogens is 1. The van der Waals surface area contributed by atoms with Gasteiger partial charge in [-0.05, 0) is 25.1 Å². The number of allylic oxidation sites excluding steroid dienone is 3. The van der Waals surface area contributed by atoms with E-state index in [-0.39, 0.29) is 29.1 Å². The van der Waals surface area contributed by atoms with E-state index in [1.54, 1.807) is 30.4 Å². The molecule has 0 saturated heterocycles. The number of methoxy groups -OCH3 is 1. The first-order valence-corrected chi connectivity index (χ1v) is 8.24. The Labute approximate surface area is 160 Å². The van der Waals surface area contributed by atoms with E-state index in [0.717, 1.165) is 6.07 Å². The summed E-state index contributed by atoms with van der Waals surface area (Å²) in [6.07, 6.45) is 8.15. The summed E-state index contributed by atoms with van der Waals surface area (Å²) in [4.78, 5) is 33.9. The van der Waals surface area contributed by atoms with Crippen LogP contribution in [0.5, 0.6) is 5.75 Å². The predicted molar refractivity (Wildman–Crippen MR) is 101 cm³/mol. The van der Waals surface area contributed by atoms with Crippen LogP contribution in [-0.4, -0.2) is 36.3 Å². The quantitative estimate of drug-likeness (QED) is 0.292. The van der Waals surface area contributed by atoms with Crippen LogP contribution in [0, 0.1) is 5.82 Å². The molecule has 1 heterocycles. The van der Waals surface area contributed by atoms with Gasteiger partial charge in [-0.15, -0.1) is 0 Å².